The van der Waals surface area contributed by atoms with E-state index in [0.717, 1.165) is 38.9 Å². The molecule has 0 unspecified atom stereocenters. The van der Waals surface area contributed by atoms with Crippen LogP contribution in [0.3, 0.4) is 0 Å². The molecule has 3 aromatic heterocycles. The molecule has 2 aromatic carbocycles. The fourth-order valence-corrected chi connectivity index (χ4v) is 3.09. The van der Waals surface area contributed by atoms with Crippen LogP contribution in [0.1, 0.15) is 0 Å². The Hall–Kier alpha value is -3.07. The predicted molar refractivity (Wildman–Crippen MR) is 87.9 cm³/mol. The molecule has 0 aliphatic rings. The Balaban J connectivity index is 2.09. The van der Waals surface area contributed by atoms with E-state index in [0.29, 0.717) is 0 Å². The third kappa shape index (κ3) is 1.48. The number of furan rings is 1. The molecule has 22 heavy (non-hydrogen) atoms. The molecule has 0 bridgehead atoms. The van der Waals surface area contributed by atoms with Crippen molar-refractivity contribution < 1.29 is 4.42 Å². The zero-order valence-electron chi connectivity index (χ0n) is 11.7. The highest BCUT2D eigenvalue weighted by Crippen LogP contribution is 2.31. The number of imidazole rings is 1. The molecule has 0 saturated carbocycles. The van der Waals surface area contributed by atoms with Crippen molar-refractivity contribution >= 4 is 27.5 Å². The largest absolute Gasteiger partial charge is 0.463 e. The van der Waals surface area contributed by atoms with Gasteiger partial charge in [-0.15, -0.1) is 0 Å². The molecular formula is C19H12N2O. The fourth-order valence-electron chi connectivity index (χ4n) is 3.09. The standard InChI is InChI=1S/C19H12N2O/c1-2-7-14-13(6-1)12-17(18-10-5-11-22-18)21-16-9-4-3-8-15(16)20-19(14)21/h1-12H. The Labute approximate surface area is 126 Å². The lowest BCUT2D eigenvalue weighted by Gasteiger charge is -2.07. The van der Waals surface area contributed by atoms with Crippen LogP contribution in [0.4, 0.5) is 0 Å². The summed E-state index contributed by atoms with van der Waals surface area (Å²) in [6, 6.07) is 22.6. The van der Waals surface area contributed by atoms with Gasteiger partial charge in [0.1, 0.15) is 5.65 Å². The smallest absolute Gasteiger partial charge is 0.150 e. The molecule has 0 amide bonds. The van der Waals surface area contributed by atoms with E-state index in [2.05, 4.69) is 28.7 Å². The Morgan fingerprint density at radius 1 is 0.864 bits per heavy atom. The number of nitrogens with zero attached hydrogens (tertiary/aromatic N) is 2. The molecule has 104 valence electrons. The van der Waals surface area contributed by atoms with E-state index < -0.39 is 0 Å². The van der Waals surface area contributed by atoms with E-state index >= 15 is 0 Å². The monoisotopic (exact) mass is 284 g/mol. The molecule has 0 spiro atoms. The molecule has 3 heteroatoms. The van der Waals surface area contributed by atoms with Gasteiger partial charge in [0.25, 0.3) is 0 Å². The van der Waals surface area contributed by atoms with Crippen LogP contribution in [-0.2, 0) is 0 Å². The Kier molecular flexibility index (Phi) is 2.22. The van der Waals surface area contributed by atoms with Crippen LogP contribution in [0.25, 0.3) is 38.9 Å². The van der Waals surface area contributed by atoms with Gasteiger partial charge in [-0.1, -0.05) is 36.4 Å². The number of hydrogen-bond donors (Lipinski definition) is 0. The highest BCUT2D eigenvalue weighted by atomic mass is 16.3. The van der Waals surface area contributed by atoms with Crippen LogP contribution < -0.4 is 0 Å². The Morgan fingerprint density at radius 3 is 2.64 bits per heavy atom. The van der Waals surface area contributed by atoms with Gasteiger partial charge in [-0.2, -0.15) is 0 Å². The molecule has 0 aliphatic heterocycles. The first kappa shape index (κ1) is 11.6. The van der Waals surface area contributed by atoms with Crippen molar-refractivity contribution in [2.45, 2.75) is 0 Å². The van der Waals surface area contributed by atoms with Gasteiger partial charge in [-0.25, -0.2) is 4.98 Å². The van der Waals surface area contributed by atoms with Crippen molar-refractivity contribution in [3.05, 3.63) is 73.0 Å². The molecule has 0 N–H and O–H groups in total. The Morgan fingerprint density at radius 2 is 1.73 bits per heavy atom. The first-order valence-electron chi connectivity index (χ1n) is 7.25. The van der Waals surface area contributed by atoms with Crippen LogP contribution in [0.5, 0.6) is 0 Å². The van der Waals surface area contributed by atoms with E-state index in [1.807, 2.05) is 42.5 Å². The van der Waals surface area contributed by atoms with Gasteiger partial charge in [-0.3, -0.25) is 4.40 Å². The first-order chi connectivity index (χ1) is 10.9. The molecule has 0 fully saturated rings. The minimum atomic E-state index is 0.846. The summed E-state index contributed by atoms with van der Waals surface area (Å²) in [6.45, 7) is 0. The molecule has 3 heterocycles. The average molecular weight is 284 g/mol. The van der Waals surface area contributed by atoms with Gasteiger partial charge in [0.2, 0.25) is 0 Å². The van der Waals surface area contributed by atoms with Crippen molar-refractivity contribution in [2.24, 2.45) is 0 Å². The molecular weight excluding hydrogens is 272 g/mol. The second kappa shape index (κ2) is 4.21. The lowest BCUT2D eigenvalue weighted by Crippen LogP contribution is -1.92. The second-order valence-electron chi connectivity index (χ2n) is 5.35. The van der Waals surface area contributed by atoms with Gasteiger partial charge in [0.05, 0.1) is 23.0 Å². The van der Waals surface area contributed by atoms with Gasteiger partial charge < -0.3 is 4.42 Å². The number of pyridine rings is 1. The lowest BCUT2D eigenvalue weighted by atomic mass is 10.1. The zero-order valence-corrected chi connectivity index (χ0v) is 11.7. The van der Waals surface area contributed by atoms with Gasteiger partial charge in [0.15, 0.2) is 5.76 Å². The van der Waals surface area contributed by atoms with Gasteiger partial charge in [0, 0.05) is 5.39 Å². The SMILES string of the molecule is c1coc(-c2cc3ccccc3c3nc4ccccc4n23)c1. The fraction of sp³-hybridized carbons (Fsp3) is 0. The molecule has 0 atom stereocenters. The third-order valence-electron chi connectivity index (χ3n) is 4.07. The number of rotatable bonds is 1. The maximum atomic E-state index is 5.65. The van der Waals surface area contributed by atoms with Crippen molar-refractivity contribution in [3.8, 4) is 11.5 Å². The van der Waals surface area contributed by atoms with Crippen molar-refractivity contribution in [1.82, 2.24) is 9.38 Å². The quantitative estimate of drug-likeness (QED) is 0.438. The number of para-hydroxylation sites is 2. The van der Waals surface area contributed by atoms with Crippen molar-refractivity contribution in [1.29, 1.82) is 0 Å². The summed E-state index contributed by atoms with van der Waals surface area (Å²) >= 11 is 0. The summed E-state index contributed by atoms with van der Waals surface area (Å²) in [7, 11) is 0. The summed E-state index contributed by atoms with van der Waals surface area (Å²) in [5, 5.41) is 2.31. The van der Waals surface area contributed by atoms with Crippen LogP contribution >= 0.6 is 0 Å². The number of aromatic nitrogens is 2. The predicted octanol–water partition coefficient (Wildman–Crippen LogP) is 4.90. The first-order valence-corrected chi connectivity index (χ1v) is 7.25. The molecule has 0 aliphatic carbocycles. The molecule has 0 radical (unpaired) electrons. The number of benzene rings is 2. The van der Waals surface area contributed by atoms with E-state index in [1.54, 1.807) is 6.26 Å². The number of hydrogen-bond acceptors (Lipinski definition) is 2. The highest BCUT2D eigenvalue weighted by molar-refractivity contribution is 6.00. The van der Waals surface area contributed by atoms with E-state index in [-0.39, 0.29) is 0 Å². The third-order valence-corrected chi connectivity index (χ3v) is 4.07. The number of fused-ring (bicyclic) bond motifs is 5. The summed E-state index contributed by atoms with van der Waals surface area (Å²) in [6.07, 6.45) is 1.70. The van der Waals surface area contributed by atoms with Gasteiger partial charge in [-0.05, 0) is 35.7 Å². The van der Waals surface area contributed by atoms with E-state index in [4.69, 9.17) is 9.40 Å². The molecule has 3 nitrogen and oxygen atoms in total. The highest BCUT2D eigenvalue weighted by Gasteiger charge is 2.14. The van der Waals surface area contributed by atoms with Crippen molar-refractivity contribution in [3.63, 3.8) is 0 Å². The van der Waals surface area contributed by atoms with Crippen LogP contribution in [-0.4, -0.2) is 9.38 Å². The maximum Gasteiger partial charge on any atom is 0.150 e. The molecule has 0 saturated heterocycles. The molecule has 5 rings (SSSR count). The zero-order chi connectivity index (χ0) is 14.5. The second-order valence-corrected chi connectivity index (χ2v) is 5.35. The molecule has 5 aromatic rings. The van der Waals surface area contributed by atoms with E-state index in [9.17, 15) is 0 Å². The summed E-state index contributed by atoms with van der Waals surface area (Å²) in [5.74, 6) is 0.846. The lowest BCUT2D eigenvalue weighted by molar-refractivity contribution is 0.579. The summed E-state index contributed by atoms with van der Waals surface area (Å²) < 4.78 is 7.82. The van der Waals surface area contributed by atoms with Gasteiger partial charge >= 0.3 is 0 Å². The minimum absolute atomic E-state index is 0.846. The van der Waals surface area contributed by atoms with E-state index in [1.165, 1.54) is 0 Å². The van der Waals surface area contributed by atoms with Crippen LogP contribution in [0.2, 0.25) is 0 Å². The Bertz CT molecular complexity index is 1120. The average Bonchev–Trinajstić information content (AvgIpc) is 3.22. The summed E-state index contributed by atoms with van der Waals surface area (Å²) in [4.78, 5) is 4.84. The maximum absolute atomic E-state index is 5.65. The summed E-state index contributed by atoms with van der Waals surface area (Å²) in [5.41, 5.74) is 4.07. The minimum Gasteiger partial charge on any atom is -0.463 e. The van der Waals surface area contributed by atoms with Crippen molar-refractivity contribution in [2.75, 3.05) is 0 Å². The topological polar surface area (TPSA) is 30.4 Å². The van der Waals surface area contributed by atoms with Crippen LogP contribution in [0.15, 0.2) is 77.4 Å². The van der Waals surface area contributed by atoms with Crippen LogP contribution in [0, 0.1) is 0 Å². The normalized spacial score (nSPS) is 11.6.